The summed E-state index contributed by atoms with van der Waals surface area (Å²) >= 11 is 5.62. The largest absolute Gasteiger partial charge is 0.309 e. The van der Waals surface area contributed by atoms with Crippen LogP contribution in [-0.4, -0.2) is 4.57 Å². The molecule has 0 unspecified atom stereocenters. The average Bonchev–Trinajstić information content (AvgIpc) is 3.41. The van der Waals surface area contributed by atoms with Crippen LogP contribution >= 0.6 is 27.3 Å². The standard InChI is InChI=1S/C30H18BrNS/c31-26-14-7-13-25-24-12-6-11-21(29(24)33-30(25)26)19-16-17-23-22-10-4-5-15-27(22)32(28(23)18-19)20-8-2-1-3-9-20/h1-18H. The van der Waals surface area contributed by atoms with Crippen molar-refractivity contribution < 1.29 is 0 Å². The summed E-state index contributed by atoms with van der Waals surface area (Å²) in [5.41, 5.74) is 6.19. The fourth-order valence-electron chi connectivity index (χ4n) is 5.01. The van der Waals surface area contributed by atoms with Crippen molar-refractivity contribution in [3.63, 3.8) is 0 Å². The SMILES string of the molecule is Brc1cccc2c1sc1c(-c3ccc4c5ccccc5n(-c5ccccc5)c4c3)cccc12. The molecule has 0 spiro atoms. The summed E-state index contributed by atoms with van der Waals surface area (Å²) in [5.74, 6) is 0. The fraction of sp³-hybridized carbons (Fsp3) is 0. The molecule has 0 radical (unpaired) electrons. The van der Waals surface area contributed by atoms with Crippen molar-refractivity contribution in [1.29, 1.82) is 0 Å². The van der Waals surface area contributed by atoms with E-state index in [0.717, 1.165) is 4.47 Å². The van der Waals surface area contributed by atoms with E-state index in [2.05, 4.69) is 130 Å². The van der Waals surface area contributed by atoms with Crippen molar-refractivity contribution in [3.05, 3.63) is 114 Å². The minimum Gasteiger partial charge on any atom is -0.309 e. The number of para-hydroxylation sites is 2. The molecule has 0 saturated heterocycles. The number of halogens is 1. The second kappa shape index (κ2) is 7.31. The summed E-state index contributed by atoms with van der Waals surface area (Å²) in [6.07, 6.45) is 0. The second-order valence-electron chi connectivity index (χ2n) is 8.32. The van der Waals surface area contributed by atoms with Gasteiger partial charge in [-0.2, -0.15) is 0 Å². The molecule has 33 heavy (non-hydrogen) atoms. The van der Waals surface area contributed by atoms with Crippen LogP contribution < -0.4 is 0 Å². The number of thiophene rings is 1. The van der Waals surface area contributed by atoms with Gasteiger partial charge in [0.15, 0.2) is 0 Å². The predicted octanol–water partition coefficient (Wildman–Crippen LogP) is 9.58. The number of benzene rings is 5. The number of rotatable bonds is 2. The molecule has 0 aliphatic rings. The van der Waals surface area contributed by atoms with Crippen molar-refractivity contribution in [3.8, 4) is 16.8 Å². The van der Waals surface area contributed by atoms with Crippen LogP contribution in [0.25, 0.3) is 58.8 Å². The minimum absolute atomic E-state index is 1.16. The molecule has 0 bridgehead atoms. The van der Waals surface area contributed by atoms with Gasteiger partial charge in [-0.1, -0.05) is 78.9 Å². The lowest BCUT2D eigenvalue weighted by atomic mass is 10.0. The average molecular weight is 504 g/mol. The topological polar surface area (TPSA) is 4.93 Å². The lowest BCUT2D eigenvalue weighted by molar-refractivity contribution is 1.18. The van der Waals surface area contributed by atoms with Gasteiger partial charge in [0.25, 0.3) is 0 Å². The van der Waals surface area contributed by atoms with Crippen LogP contribution in [-0.2, 0) is 0 Å². The molecule has 7 aromatic rings. The molecule has 3 heteroatoms. The maximum atomic E-state index is 3.75. The quantitative estimate of drug-likeness (QED) is 0.221. The highest BCUT2D eigenvalue weighted by molar-refractivity contribution is 9.10. The van der Waals surface area contributed by atoms with Gasteiger partial charge in [-0.05, 0) is 57.4 Å². The van der Waals surface area contributed by atoms with Gasteiger partial charge in [-0.25, -0.2) is 0 Å². The number of hydrogen-bond acceptors (Lipinski definition) is 1. The van der Waals surface area contributed by atoms with Crippen molar-refractivity contribution in [2.75, 3.05) is 0 Å². The summed E-state index contributed by atoms with van der Waals surface area (Å²) in [6.45, 7) is 0. The summed E-state index contributed by atoms with van der Waals surface area (Å²) in [6, 6.07) is 39.4. The molecule has 0 N–H and O–H groups in total. The monoisotopic (exact) mass is 503 g/mol. The number of fused-ring (bicyclic) bond motifs is 6. The van der Waals surface area contributed by atoms with Crippen LogP contribution in [0.2, 0.25) is 0 Å². The van der Waals surface area contributed by atoms with Gasteiger partial charge in [0.2, 0.25) is 0 Å². The Bertz CT molecular complexity index is 1830. The fourth-order valence-corrected chi connectivity index (χ4v) is 6.86. The summed E-state index contributed by atoms with van der Waals surface area (Å²) in [7, 11) is 0. The third-order valence-corrected chi connectivity index (χ3v) is 8.69. The Morgan fingerprint density at radius 3 is 2.12 bits per heavy atom. The van der Waals surface area contributed by atoms with Crippen molar-refractivity contribution in [2.45, 2.75) is 0 Å². The molecule has 2 aromatic heterocycles. The Kier molecular flexibility index (Phi) is 4.23. The maximum Gasteiger partial charge on any atom is 0.0547 e. The predicted molar refractivity (Wildman–Crippen MR) is 147 cm³/mol. The Balaban J connectivity index is 1.56. The summed E-state index contributed by atoms with van der Waals surface area (Å²) in [5, 5.41) is 5.19. The molecule has 156 valence electrons. The number of aromatic nitrogens is 1. The molecule has 0 aliphatic heterocycles. The Hall–Kier alpha value is -3.40. The first kappa shape index (κ1) is 19.1. The zero-order valence-corrected chi connectivity index (χ0v) is 20.0. The molecule has 7 rings (SSSR count). The van der Waals surface area contributed by atoms with Crippen LogP contribution in [0, 0.1) is 0 Å². The third kappa shape index (κ3) is 2.83. The molecule has 0 fully saturated rings. The maximum absolute atomic E-state index is 3.75. The Morgan fingerprint density at radius 1 is 0.545 bits per heavy atom. The van der Waals surface area contributed by atoms with E-state index in [1.807, 2.05) is 11.3 Å². The highest BCUT2D eigenvalue weighted by Crippen LogP contribution is 2.43. The summed E-state index contributed by atoms with van der Waals surface area (Å²) in [4.78, 5) is 0. The van der Waals surface area contributed by atoms with E-state index in [1.54, 1.807) is 0 Å². The van der Waals surface area contributed by atoms with Gasteiger partial charge in [0, 0.05) is 41.1 Å². The molecule has 0 atom stereocenters. The Labute approximate surface area is 203 Å². The molecule has 0 aliphatic carbocycles. The first-order valence-electron chi connectivity index (χ1n) is 11.0. The van der Waals surface area contributed by atoms with E-state index in [9.17, 15) is 0 Å². The number of nitrogens with zero attached hydrogens (tertiary/aromatic N) is 1. The van der Waals surface area contributed by atoms with E-state index >= 15 is 0 Å². The minimum atomic E-state index is 1.16. The van der Waals surface area contributed by atoms with E-state index in [1.165, 1.54) is 58.8 Å². The van der Waals surface area contributed by atoms with Gasteiger partial charge in [-0.15, -0.1) is 11.3 Å². The van der Waals surface area contributed by atoms with Crippen molar-refractivity contribution in [1.82, 2.24) is 4.57 Å². The van der Waals surface area contributed by atoms with Crippen molar-refractivity contribution >= 4 is 69.2 Å². The first-order valence-corrected chi connectivity index (χ1v) is 12.6. The normalized spacial score (nSPS) is 11.8. The van der Waals surface area contributed by atoms with Gasteiger partial charge < -0.3 is 4.57 Å². The molecule has 5 aromatic carbocycles. The van der Waals surface area contributed by atoms with Crippen LogP contribution in [0.5, 0.6) is 0 Å². The molecule has 1 nitrogen and oxygen atoms in total. The van der Waals surface area contributed by atoms with Gasteiger partial charge in [0.05, 0.1) is 11.0 Å². The highest BCUT2D eigenvalue weighted by Gasteiger charge is 2.15. The molecular weight excluding hydrogens is 486 g/mol. The summed E-state index contributed by atoms with van der Waals surface area (Å²) < 4.78 is 6.18. The number of hydrogen-bond donors (Lipinski definition) is 0. The molecular formula is C30H18BrNS. The molecule has 0 amide bonds. The highest BCUT2D eigenvalue weighted by atomic mass is 79.9. The zero-order valence-electron chi connectivity index (χ0n) is 17.6. The van der Waals surface area contributed by atoms with Crippen LogP contribution in [0.3, 0.4) is 0 Å². The smallest absolute Gasteiger partial charge is 0.0547 e. The molecule has 0 saturated carbocycles. The molecule has 2 heterocycles. The van der Waals surface area contributed by atoms with Crippen LogP contribution in [0.1, 0.15) is 0 Å². The lowest BCUT2D eigenvalue weighted by Gasteiger charge is -2.09. The third-order valence-electron chi connectivity index (χ3n) is 6.48. The lowest BCUT2D eigenvalue weighted by Crippen LogP contribution is -1.93. The van der Waals surface area contributed by atoms with E-state index in [0.29, 0.717) is 0 Å². The Morgan fingerprint density at radius 2 is 1.24 bits per heavy atom. The van der Waals surface area contributed by atoms with E-state index < -0.39 is 0 Å². The first-order chi connectivity index (χ1) is 16.3. The van der Waals surface area contributed by atoms with Crippen LogP contribution in [0.4, 0.5) is 0 Å². The van der Waals surface area contributed by atoms with Gasteiger partial charge in [-0.3, -0.25) is 0 Å². The zero-order chi connectivity index (χ0) is 21.9. The van der Waals surface area contributed by atoms with Crippen LogP contribution in [0.15, 0.2) is 114 Å². The van der Waals surface area contributed by atoms with E-state index in [4.69, 9.17) is 0 Å². The van der Waals surface area contributed by atoms with E-state index in [-0.39, 0.29) is 0 Å². The van der Waals surface area contributed by atoms with Gasteiger partial charge in [0.1, 0.15) is 0 Å². The van der Waals surface area contributed by atoms with Gasteiger partial charge >= 0.3 is 0 Å². The van der Waals surface area contributed by atoms with Crippen molar-refractivity contribution in [2.24, 2.45) is 0 Å². The second-order valence-corrected chi connectivity index (χ2v) is 10.2.